The normalized spacial score (nSPS) is 24.3. The van der Waals surface area contributed by atoms with Crippen LogP contribution in [0.15, 0.2) is 0 Å². The molecule has 1 N–H and O–H groups in total. The second-order valence-corrected chi connectivity index (χ2v) is 7.05. The molecule has 0 aromatic carbocycles. The summed E-state index contributed by atoms with van der Waals surface area (Å²) in [5, 5.41) is 3.71. The highest BCUT2D eigenvalue weighted by Crippen LogP contribution is 2.41. The molecule has 1 unspecified atom stereocenters. The second-order valence-electron chi connectivity index (χ2n) is 7.05. The average molecular weight is 280 g/mol. The lowest BCUT2D eigenvalue weighted by atomic mass is 9.83. The molecule has 2 heteroatoms. The van der Waals surface area contributed by atoms with Crippen molar-refractivity contribution in [3.05, 3.63) is 0 Å². The maximum absolute atomic E-state index is 3.71. The van der Waals surface area contributed by atoms with Crippen molar-refractivity contribution in [3.63, 3.8) is 0 Å². The van der Waals surface area contributed by atoms with Gasteiger partial charge in [-0.15, -0.1) is 0 Å². The molecule has 2 nitrogen and oxygen atoms in total. The number of nitrogens with one attached hydrogen (secondary N) is 1. The standard InChI is InChI=1S/C18H36N2/c1-3-4-5-6-7-12-17(19-2)18(13-8-9-14-18)20-15-10-11-16-20/h17,19H,3-16H2,1-2H3. The van der Waals surface area contributed by atoms with Crippen molar-refractivity contribution in [2.75, 3.05) is 20.1 Å². The molecule has 0 bridgehead atoms. The van der Waals surface area contributed by atoms with E-state index in [1.165, 1.54) is 90.1 Å². The van der Waals surface area contributed by atoms with Crippen LogP contribution in [0.2, 0.25) is 0 Å². The highest BCUT2D eigenvalue weighted by molar-refractivity contribution is 5.04. The third-order valence-corrected chi connectivity index (χ3v) is 5.80. The van der Waals surface area contributed by atoms with Gasteiger partial charge in [0, 0.05) is 11.6 Å². The molecule has 0 spiro atoms. The molecule has 1 saturated heterocycles. The van der Waals surface area contributed by atoms with Crippen LogP contribution in [0.25, 0.3) is 0 Å². The number of rotatable bonds is 9. The van der Waals surface area contributed by atoms with Crippen LogP contribution in [-0.2, 0) is 0 Å². The van der Waals surface area contributed by atoms with Gasteiger partial charge < -0.3 is 5.32 Å². The van der Waals surface area contributed by atoms with Gasteiger partial charge in [-0.3, -0.25) is 4.90 Å². The van der Waals surface area contributed by atoms with Crippen molar-refractivity contribution in [1.82, 2.24) is 10.2 Å². The van der Waals surface area contributed by atoms with E-state index in [2.05, 4.69) is 24.2 Å². The van der Waals surface area contributed by atoms with Crippen LogP contribution in [0, 0.1) is 0 Å². The van der Waals surface area contributed by atoms with E-state index in [9.17, 15) is 0 Å². The fourth-order valence-corrected chi connectivity index (χ4v) is 4.67. The minimum absolute atomic E-state index is 0.510. The molecule has 1 saturated carbocycles. The highest BCUT2D eigenvalue weighted by atomic mass is 15.2. The summed E-state index contributed by atoms with van der Waals surface area (Å²) in [5.41, 5.74) is 0.510. The zero-order chi connectivity index (χ0) is 14.3. The third-order valence-electron chi connectivity index (χ3n) is 5.80. The molecule has 2 rings (SSSR count). The molecule has 20 heavy (non-hydrogen) atoms. The Kier molecular flexibility index (Phi) is 6.83. The molecule has 0 radical (unpaired) electrons. The summed E-state index contributed by atoms with van der Waals surface area (Å²) < 4.78 is 0. The first-order valence-electron chi connectivity index (χ1n) is 9.26. The monoisotopic (exact) mass is 280 g/mol. The van der Waals surface area contributed by atoms with Gasteiger partial charge in [0.2, 0.25) is 0 Å². The minimum Gasteiger partial charge on any atom is -0.315 e. The number of hydrogen-bond donors (Lipinski definition) is 1. The predicted octanol–water partition coefficient (Wildman–Crippen LogP) is 4.34. The number of nitrogens with zero attached hydrogens (tertiary/aromatic N) is 1. The summed E-state index contributed by atoms with van der Waals surface area (Å²) in [6.45, 7) is 5.01. The number of likely N-dealkylation sites (N-methyl/N-ethyl adjacent to an activating group) is 1. The molecule has 0 amide bonds. The summed E-state index contributed by atoms with van der Waals surface area (Å²) >= 11 is 0. The Hall–Kier alpha value is -0.0800. The van der Waals surface area contributed by atoms with Crippen molar-refractivity contribution in [2.24, 2.45) is 0 Å². The molecule has 2 aliphatic rings. The molecule has 1 aliphatic heterocycles. The SMILES string of the molecule is CCCCCCCC(NC)C1(N2CCCC2)CCCC1. The van der Waals surface area contributed by atoms with Gasteiger partial charge in [-0.05, 0) is 52.2 Å². The topological polar surface area (TPSA) is 15.3 Å². The Morgan fingerprint density at radius 3 is 2.20 bits per heavy atom. The quantitative estimate of drug-likeness (QED) is 0.632. The lowest BCUT2D eigenvalue weighted by Crippen LogP contribution is -2.58. The molecule has 2 fully saturated rings. The van der Waals surface area contributed by atoms with Gasteiger partial charge in [-0.2, -0.15) is 0 Å². The van der Waals surface area contributed by atoms with Crippen molar-refractivity contribution < 1.29 is 0 Å². The van der Waals surface area contributed by atoms with Gasteiger partial charge >= 0.3 is 0 Å². The molecule has 1 atom stereocenters. The van der Waals surface area contributed by atoms with E-state index in [0.717, 1.165) is 6.04 Å². The fraction of sp³-hybridized carbons (Fsp3) is 1.00. The molecule has 1 heterocycles. The number of likely N-dealkylation sites (tertiary alicyclic amines) is 1. The first kappa shape index (κ1) is 16.3. The molecule has 1 aliphatic carbocycles. The zero-order valence-corrected chi connectivity index (χ0v) is 13.9. The first-order chi connectivity index (χ1) is 9.83. The second kappa shape index (κ2) is 8.38. The smallest absolute Gasteiger partial charge is 0.0362 e. The maximum Gasteiger partial charge on any atom is 0.0362 e. The Morgan fingerprint density at radius 1 is 0.950 bits per heavy atom. The summed E-state index contributed by atoms with van der Waals surface area (Å²) in [5.74, 6) is 0. The lowest BCUT2D eigenvalue weighted by molar-refractivity contribution is 0.0750. The summed E-state index contributed by atoms with van der Waals surface area (Å²) in [7, 11) is 2.20. The van der Waals surface area contributed by atoms with E-state index < -0.39 is 0 Å². The van der Waals surface area contributed by atoms with Gasteiger partial charge in [0.15, 0.2) is 0 Å². The lowest BCUT2D eigenvalue weighted by Gasteiger charge is -2.45. The molecular weight excluding hydrogens is 244 g/mol. The van der Waals surface area contributed by atoms with E-state index in [1.54, 1.807) is 0 Å². The number of hydrogen-bond acceptors (Lipinski definition) is 2. The summed E-state index contributed by atoms with van der Waals surface area (Å²) in [6.07, 6.45) is 17.1. The third kappa shape index (κ3) is 3.76. The molecular formula is C18H36N2. The zero-order valence-electron chi connectivity index (χ0n) is 13.9. The Morgan fingerprint density at radius 2 is 1.60 bits per heavy atom. The highest BCUT2D eigenvalue weighted by Gasteiger charge is 2.45. The average Bonchev–Trinajstić information content (AvgIpc) is 3.13. The fourth-order valence-electron chi connectivity index (χ4n) is 4.67. The summed E-state index contributed by atoms with van der Waals surface area (Å²) in [4.78, 5) is 2.85. The van der Waals surface area contributed by atoms with Crippen molar-refractivity contribution >= 4 is 0 Å². The largest absolute Gasteiger partial charge is 0.315 e. The molecule has 0 aromatic heterocycles. The van der Waals surface area contributed by atoms with E-state index in [-0.39, 0.29) is 0 Å². The van der Waals surface area contributed by atoms with Crippen LogP contribution >= 0.6 is 0 Å². The summed E-state index contributed by atoms with van der Waals surface area (Å²) in [6, 6.07) is 0.727. The van der Waals surface area contributed by atoms with Gasteiger partial charge in [0.1, 0.15) is 0 Å². The van der Waals surface area contributed by atoms with Gasteiger partial charge in [-0.25, -0.2) is 0 Å². The maximum atomic E-state index is 3.71. The van der Waals surface area contributed by atoms with E-state index in [0.29, 0.717) is 5.54 Å². The Balaban J connectivity index is 1.88. The first-order valence-corrected chi connectivity index (χ1v) is 9.26. The van der Waals surface area contributed by atoms with Crippen LogP contribution in [0.4, 0.5) is 0 Å². The van der Waals surface area contributed by atoms with Gasteiger partial charge in [-0.1, -0.05) is 51.9 Å². The van der Waals surface area contributed by atoms with Crippen LogP contribution in [0.5, 0.6) is 0 Å². The molecule has 118 valence electrons. The van der Waals surface area contributed by atoms with Crippen LogP contribution in [-0.4, -0.2) is 36.6 Å². The van der Waals surface area contributed by atoms with Crippen molar-refractivity contribution in [1.29, 1.82) is 0 Å². The Labute approximate surface area is 126 Å². The Bertz CT molecular complexity index is 252. The van der Waals surface area contributed by atoms with E-state index in [1.807, 2.05) is 0 Å². The van der Waals surface area contributed by atoms with Crippen LogP contribution in [0.1, 0.15) is 84.0 Å². The van der Waals surface area contributed by atoms with E-state index in [4.69, 9.17) is 0 Å². The predicted molar refractivity (Wildman–Crippen MR) is 88.2 cm³/mol. The number of unbranched alkanes of at least 4 members (excludes halogenated alkanes) is 4. The van der Waals surface area contributed by atoms with Crippen LogP contribution in [0.3, 0.4) is 0 Å². The van der Waals surface area contributed by atoms with Crippen molar-refractivity contribution in [3.8, 4) is 0 Å². The van der Waals surface area contributed by atoms with Crippen molar-refractivity contribution in [2.45, 2.75) is 95.6 Å². The minimum atomic E-state index is 0.510. The van der Waals surface area contributed by atoms with E-state index >= 15 is 0 Å². The van der Waals surface area contributed by atoms with Crippen LogP contribution < -0.4 is 5.32 Å². The van der Waals surface area contributed by atoms with Gasteiger partial charge in [0.25, 0.3) is 0 Å². The molecule has 0 aromatic rings. The van der Waals surface area contributed by atoms with Gasteiger partial charge in [0.05, 0.1) is 0 Å².